The third-order valence-electron chi connectivity index (χ3n) is 2.57. The molecule has 0 radical (unpaired) electrons. The number of hydrogen-bond donors (Lipinski definition) is 0. The zero-order valence-corrected chi connectivity index (χ0v) is 8.28. The Balaban J connectivity index is 2.50. The van der Waals surface area contributed by atoms with Crippen molar-refractivity contribution in [1.29, 1.82) is 0 Å². The molecule has 2 heteroatoms. The molecule has 0 amide bonds. The summed E-state index contributed by atoms with van der Waals surface area (Å²) in [4.78, 5) is 0. The van der Waals surface area contributed by atoms with E-state index in [4.69, 9.17) is 0 Å². The van der Waals surface area contributed by atoms with Gasteiger partial charge in [0.05, 0.1) is 20.5 Å². The van der Waals surface area contributed by atoms with Gasteiger partial charge in [0.1, 0.15) is 11.8 Å². The van der Waals surface area contributed by atoms with E-state index in [2.05, 4.69) is 19.9 Å². The Kier molecular flexibility index (Phi) is 3.06. The van der Waals surface area contributed by atoms with Gasteiger partial charge in [0.25, 0.3) is 0 Å². The van der Waals surface area contributed by atoms with Crippen LogP contribution in [0.4, 0.5) is 4.39 Å². The second kappa shape index (κ2) is 3.67. The normalized spacial score (nSPS) is 40.3. The molecule has 1 fully saturated rings. The average Bonchev–Trinajstić information content (AvgIpc) is 1.85. The van der Waals surface area contributed by atoms with Crippen LogP contribution in [0.3, 0.4) is 0 Å². The second-order valence-corrected chi connectivity index (χ2v) is 5.94. The molecule has 0 aromatic rings. The van der Waals surface area contributed by atoms with E-state index in [9.17, 15) is 4.39 Å². The van der Waals surface area contributed by atoms with Gasteiger partial charge in [-0.25, -0.2) is 4.39 Å². The molecule has 0 aliphatic heterocycles. The maximum Gasteiger partial charge on any atom is 0.146 e. The number of halogens is 1. The van der Waals surface area contributed by atoms with Crippen LogP contribution in [0.5, 0.6) is 0 Å². The summed E-state index contributed by atoms with van der Waals surface area (Å²) in [6.07, 6.45) is 6.44. The summed E-state index contributed by atoms with van der Waals surface area (Å²) in [7, 11) is -0.302. The highest BCUT2D eigenvalue weighted by atomic mass is 31.1. The Bertz CT molecular complexity index is 156. The van der Waals surface area contributed by atoms with Gasteiger partial charge in [0.2, 0.25) is 0 Å². The van der Waals surface area contributed by atoms with Crippen LogP contribution < -0.4 is 0 Å². The number of hydrogen-bond acceptors (Lipinski definition) is 0. The molecule has 1 aliphatic carbocycles. The first-order chi connectivity index (χ1) is 5.11. The summed E-state index contributed by atoms with van der Waals surface area (Å²) in [6, 6.07) is 0. The minimum atomic E-state index is -0.563. The van der Waals surface area contributed by atoms with Crippen molar-refractivity contribution in [3.63, 3.8) is 0 Å². The molecule has 1 saturated carbocycles. The number of alkyl halides is 1. The van der Waals surface area contributed by atoms with E-state index in [0.717, 1.165) is 12.8 Å². The SMILES string of the molecule is C=[P+](C)C1CCC(C)CC1F. The Morgan fingerprint density at radius 3 is 2.55 bits per heavy atom. The molecule has 0 bridgehead atoms. The van der Waals surface area contributed by atoms with Gasteiger partial charge in [-0.1, -0.05) is 6.92 Å². The third-order valence-corrected chi connectivity index (χ3v) is 4.28. The smallest absolute Gasteiger partial charge is 0.146 e. The van der Waals surface area contributed by atoms with Crippen molar-refractivity contribution in [2.75, 3.05) is 6.66 Å². The van der Waals surface area contributed by atoms with Crippen LogP contribution in [0, 0.1) is 5.92 Å². The summed E-state index contributed by atoms with van der Waals surface area (Å²) in [5.41, 5.74) is 0.293. The van der Waals surface area contributed by atoms with Crippen molar-refractivity contribution in [2.24, 2.45) is 5.92 Å². The maximum atomic E-state index is 13.3. The van der Waals surface area contributed by atoms with E-state index >= 15 is 0 Å². The fraction of sp³-hybridized carbons (Fsp3) is 0.889. The highest BCUT2D eigenvalue weighted by molar-refractivity contribution is 7.55. The van der Waals surface area contributed by atoms with Gasteiger partial charge in [-0.05, 0) is 25.2 Å². The molecular formula is C9H17FP+. The third kappa shape index (κ3) is 2.27. The van der Waals surface area contributed by atoms with E-state index < -0.39 is 6.17 Å². The van der Waals surface area contributed by atoms with Crippen molar-refractivity contribution in [3.8, 4) is 0 Å². The van der Waals surface area contributed by atoms with E-state index in [-0.39, 0.29) is 7.55 Å². The van der Waals surface area contributed by atoms with Crippen LogP contribution in [-0.2, 0) is 0 Å². The summed E-state index contributed by atoms with van der Waals surface area (Å²) >= 11 is 0. The molecule has 0 nitrogen and oxygen atoms in total. The quantitative estimate of drug-likeness (QED) is 0.537. The Hall–Kier alpha value is 0.100. The highest BCUT2D eigenvalue weighted by Crippen LogP contribution is 2.38. The lowest BCUT2D eigenvalue weighted by Gasteiger charge is -2.24. The molecule has 4 atom stereocenters. The minimum Gasteiger partial charge on any atom is -0.243 e. The topological polar surface area (TPSA) is 0 Å². The van der Waals surface area contributed by atoms with Crippen LogP contribution in [0.2, 0.25) is 0 Å². The Labute approximate surface area is 69.6 Å². The first-order valence-electron chi connectivity index (χ1n) is 4.28. The monoisotopic (exact) mass is 175 g/mol. The molecule has 1 rings (SSSR count). The summed E-state index contributed by atoms with van der Waals surface area (Å²) in [5.74, 6) is 0.594. The zero-order chi connectivity index (χ0) is 8.43. The van der Waals surface area contributed by atoms with E-state index in [0.29, 0.717) is 11.6 Å². The van der Waals surface area contributed by atoms with Crippen LogP contribution in [-0.4, -0.2) is 24.8 Å². The molecule has 0 heterocycles. The van der Waals surface area contributed by atoms with Crippen LogP contribution in [0.1, 0.15) is 26.2 Å². The lowest BCUT2D eigenvalue weighted by atomic mass is 9.89. The summed E-state index contributed by atoms with van der Waals surface area (Å²) < 4.78 is 13.3. The first kappa shape index (κ1) is 9.19. The van der Waals surface area contributed by atoms with Crippen molar-refractivity contribution in [1.82, 2.24) is 0 Å². The molecule has 0 saturated heterocycles. The van der Waals surface area contributed by atoms with Crippen molar-refractivity contribution >= 4 is 13.8 Å². The molecule has 0 spiro atoms. The van der Waals surface area contributed by atoms with Crippen molar-refractivity contribution in [3.05, 3.63) is 0 Å². The molecule has 4 unspecified atom stereocenters. The van der Waals surface area contributed by atoms with Gasteiger partial charge in [0.15, 0.2) is 0 Å². The minimum absolute atomic E-state index is 0.293. The molecule has 0 aromatic carbocycles. The molecular weight excluding hydrogens is 158 g/mol. The van der Waals surface area contributed by atoms with Crippen molar-refractivity contribution < 1.29 is 4.39 Å². The largest absolute Gasteiger partial charge is 0.243 e. The second-order valence-electron chi connectivity index (χ2n) is 3.76. The van der Waals surface area contributed by atoms with Crippen LogP contribution in [0.25, 0.3) is 0 Å². The number of rotatable bonds is 1. The van der Waals surface area contributed by atoms with E-state index in [1.165, 1.54) is 6.42 Å². The van der Waals surface area contributed by atoms with Gasteiger partial charge in [-0.15, -0.1) is 0 Å². The maximum absolute atomic E-state index is 13.3. The lowest BCUT2D eigenvalue weighted by Crippen LogP contribution is -2.26. The summed E-state index contributed by atoms with van der Waals surface area (Å²) in [5, 5.41) is 0. The van der Waals surface area contributed by atoms with E-state index in [1.54, 1.807) is 0 Å². The predicted molar refractivity (Wildman–Crippen MR) is 51.7 cm³/mol. The fourth-order valence-electron chi connectivity index (χ4n) is 1.79. The molecule has 0 N–H and O–H groups in total. The van der Waals surface area contributed by atoms with Gasteiger partial charge in [0, 0.05) is 0 Å². The van der Waals surface area contributed by atoms with Gasteiger partial charge in [-0.2, -0.15) is 0 Å². The fourth-order valence-corrected chi connectivity index (χ4v) is 3.06. The van der Waals surface area contributed by atoms with Gasteiger partial charge in [-0.3, -0.25) is 0 Å². The average molecular weight is 175 g/mol. The van der Waals surface area contributed by atoms with Gasteiger partial charge >= 0.3 is 0 Å². The first-order valence-corrected chi connectivity index (χ1v) is 6.33. The van der Waals surface area contributed by atoms with Crippen molar-refractivity contribution in [2.45, 2.75) is 38.0 Å². The lowest BCUT2D eigenvalue weighted by molar-refractivity contribution is 0.214. The standard InChI is InChI=1S/C9H17FP/c1-7-4-5-9(11(2)3)8(10)6-7/h7-9H,2,4-6H2,1,3H3/q+1. The predicted octanol–water partition coefficient (Wildman–Crippen LogP) is 3.06. The molecule has 1 aliphatic rings. The summed E-state index contributed by atoms with van der Waals surface area (Å²) in [6.45, 7) is 4.23. The van der Waals surface area contributed by atoms with E-state index in [1.807, 2.05) is 0 Å². The molecule has 64 valence electrons. The van der Waals surface area contributed by atoms with Gasteiger partial charge < -0.3 is 0 Å². The van der Waals surface area contributed by atoms with Crippen LogP contribution >= 0.6 is 7.55 Å². The Morgan fingerprint density at radius 1 is 1.45 bits per heavy atom. The highest BCUT2D eigenvalue weighted by Gasteiger charge is 2.34. The zero-order valence-electron chi connectivity index (χ0n) is 7.39. The Morgan fingerprint density at radius 2 is 2.09 bits per heavy atom. The van der Waals surface area contributed by atoms with Crippen LogP contribution in [0.15, 0.2) is 0 Å². The molecule has 11 heavy (non-hydrogen) atoms. The molecule has 0 aromatic heterocycles.